The van der Waals surface area contributed by atoms with Crippen LogP contribution in [-0.2, 0) is 4.74 Å². The molecule has 0 aromatic rings. The van der Waals surface area contributed by atoms with E-state index in [2.05, 4.69) is 5.32 Å². The van der Waals surface area contributed by atoms with Gasteiger partial charge in [-0.3, -0.25) is 0 Å². The molecule has 2 atom stereocenters. The molecule has 2 unspecified atom stereocenters. The van der Waals surface area contributed by atoms with Gasteiger partial charge in [-0.1, -0.05) is 12.8 Å². The van der Waals surface area contributed by atoms with Gasteiger partial charge < -0.3 is 10.1 Å². The molecule has 2 rings (SSSR count). The molecule has 0 amide bonds. The molecule has 2 fully saturated rings. The molecule has 0 bridgehead atoms. The molecule has 5 heteroatoms. The van der Waals surface area contributed by atoms with E-state index in [4.69, 9.17) is 4.74 Å². The van der Waals surface area contributed by atoms with E-state index in [1.165, 1.54) is 0 Å². The van der Waals surface area contributed by atoms with E-state index in [0.717, 1.165) is 25.7 Å². The number of alkyl halides is 3. The lowest BCUT2D eigenvalue weighted by atomic mass is 9.99. The van der Waals surface area contributed by atoms with Gasteiger partial charge in [-0.25, -0.2) is 0 Å². The standard InChI is InChI=1S/C10H16F3NO/c11-10(12,13)9-6-14-5-8(15-9)7-3-1-2-4-7/h7-9,14H,1-6H2. The SMILES string of the molecule is FC(F)(F)C1CNCC(C2CCCC2)O1. The highest BCUT2D eigenvalue weighted by Gasteiger charge is 2.45. The van der Waals surface area contributed by atoms with Crippen LogP contribution in [0.25, 0.3) is 0 Å². The first-order chi connectivity index (χ1) is 7.07. The Bertz CT molecular complexity index is 213. The van der Waals surface area contributed by atoms with Crippen LogP contribution in [0.2, 0.25) is 0 Å². The Hall–Kier alpha value is -0.290. The molecule has 15 heavy (non-hydrogen) atoms. The van der Waals surface area contributed by atoms with Crippen molar-refractivity contribution in [3.8, 4) is 0 Å². The van der Waals surface area contributed by atoms with Crippen molar-refractivity contribution >= 4 is 0 Å². The number of nitrogens with one attached hydrogen (secondary N) is 1. The summed E-state index contributed by atoms with van der Waals surface area (Å²) < 4.78 is 42.5. The fraction of sp³-hybridized carbons (Fsp3) is 1.00. The van der Waals surface area contributed by atoms with E-state index in [1.54, 1.807) is 0 Å². The van der Waals surface area contributed by atoms with Crippen LogP contribution in [0.3, 0.4) is 0 Å². The summed E-state index contributed by atoms with van der Waals surface area (Å²) in [7, 11) is 0. The summed E-state index contributed by atoms with van der Waals surface area (Å²) in [5.41, 5.74) is 0. The molecule has 1 aliphatic carbocycles. The predicted molar refractivity (Wildman–Crippen MR) is 49.5 cm³/mol. The van der Waals surface area contributed by atoms with Crippen molar-refractivity contribution in [2.45, 2.75) is 44.1 Å². The second-order valence-corrected chi connectivity index (χ2v) is 4.41. The highest BCUT2D eigenvalue weighted by molar-refractivity contribution is 4.85. The minimum atomic E-state index is -4.23. The Labute approximate surface area is 87.2 Å². The molecule has 1 saturated heterocycles. The maximum atomic E-state index is 12.4. The minimum absolute atomic E-state index is 0.104. The minimum Gasteiger partial charge on any atom is -0.363 e. The highest BCUT2D eigenvalue weighted by atomic mass is 19.4. The maximum Gasteiger partial charge on any atom is 0.415 e. The smallest absolute Gasteiger partial charge is 0.363 e. The second kappa shape index (κ2) is 4.29. The van der Waals surface area contributed by atoms with Crippen molar-refractivity contribution in [2.24, 2.45) is 5.92 Å². The quantitative estimate of drug-likeness (QED) is 0.735. The van der Waals surface area contributed by atoms with Gasteiger partial charge in [-0.15, -0.1) is 0 Å². The summed E-state index contributed by atoms with van der Waals surface area (Å²) in [6.07, 6.45) is -1.81. The molecule has 1 N–H and O–H groups in total. The Morgan fingerprint density at radius 3 is 2.33 bits per heavy atom. The summed E-state index contributed by atoms with van der Waals surface area (Å²) in [5.74, 6) is 0.322. The van der Waals surface area contributed by atoms with Crippen molar-refractivity contribution < 1.29 is 17.9 Å². The van der Waals surface area contributed by atoms with Crippen LogP contribution >= 0.6 is 0 Å². The van der Waals surface area contributed by atoms with E-state index in [1.807, 2.05) is 0 Å². The average molecular weight is 223 g/mol. The number of ether oxygens (including phenoxy) is 1. The molecule has 0 aromatic carbocycles. The fourth-order valence-corrected chi connectivity index (χ4v) is 2.46. The van der Waals surface area contributed by atoms with Gasteiger partial charge in [0.1, 0.15) is 0 Å². The third kappa shape index (κ3) is 2.64. The first kappa shape index (κ1) is 11.2. The molecular weight excluding hydrogens is 207 g/mol. The number of rotatable bonds is 1. The van der Waals surface area contributed by atoms with E-state index >= 15 is 0 Å². The normalized spacial score (nSPS) is 34.6. The zero-order chi connectivity index (χ0) is 10.9. The van der Waals surface area contributed by atoms with Crippen LogP contribution < -0.4 is 5.32 Å². The third-order valence-corrected chi connectivity index (χ3v) is 3.31. The summed E-state index contributed by atoms with van der Waals surface area (Å²) >= 11 is 0. The highest BCUT2D eigenvalue weighted by Crippen LogP contribution is 2.33. The molecule has 1 heterocycles. The van der Waals surface area contributed by atoms with Crippen molar-refractivity contribution in [1.29, 1.82) is 0 Å². The van der Waals surface area contributed by atoms with Gasteiger partial charge in [0, 0.05) is 13.1 Å². The Balaban J connectivity index is 1.92. The van der Waals surface area contributed by atoms with Crippen LogP contribution in [0.4, 0.5) is 13.2 Å². The van der Waals surface area contributed by atoms with Gasteiger partial charge in [0.25, 0.3) is 0 Å². The largest absolute Gasteiger partial charge is 0.415 e. The van der Waals surface area contributed by atoms with Crippen LogP contribution in [0.5, 0.6) is 0 Å². The lowest BCUT2D eigenvalue weighted by Crippen LogP contribution is -2.52. The molecule has 0 radical (unpaired) electrons. The number of hydrogen-bond donors (Lipinski definition) is 1. The number of halogens is 3. The monoisotopic (exact) mass is 223 g/mol. The summed E-state index contributed by atoms with van der Waals surface area (Å²) in [5, 5.41) is 2.82. The number of hydrogen-bond acceptors (Lipinski definition) is 2. The lowest BCUT2D eigenvalue weighted by molar-refractivity contribution is -0.244. The zero-order valence-corrected chi connectivity index (χ0v) is 8.52. The summed E-state index contributed by atoms with van der Waals surface area (Å²) in [4.78, 5) is 0. The van der Waals surface area contributed by atoms with E-state index in [-0.39, 0.29) is 12.6 Å². The molecular formula is C10H16F3NO. The van der Waals surface area contributed by atoms with Crippen LogP contribution in [-0.4, -0.2) is 31.5 Å². The molecule has 1 aliphatic heterocycles. The van der Waals surface area contributed by atoms with Gasteiger partial charge in [-0.2, -0.15) is 13.2 Å². The molecule has 2 nitrogen and oxygen atoms in total. The summed E-state index contributed by atoms with van der Waals surface area (Å²) in [6.45, 7) is 0.462. The summed E-state index contributed by atoms with van der Waals surface area (Å²) in [6, 6.07) is 0. The van der Waals surface area contributed by atoms with Crippen LogP contribution in [0.15, 0.2) is 0 Å². The Morgan fingerprint density at radius 1 is 1.07 bits per heavy atom. The molecule has 0 aromatic heterocycles. The Morgan fingerprint density at radius 2 is 1.73 bits per heavy atom. The van der Waals surface area contributed by atoms with E-state index < -0.39 is 12.3 Å². The van der Waals surface area contributed by atoms with E-state index in [9.17, 15) is 13.2 Å². The van der Waals surface area contributed by atoms with Gasteiger partial charge in [0.15, 0.2) is 6.10 Å². The van der Waals surface area contributed by atoms with Crippen molar-refractivity contribution in [3.63, 3.8) is 0 Å². The van der Waals surface area contributed by atoms with Crippen molar-refractivity contribution in [3.05, 3.63) is 0 Å². The zero-order valence-electron chi connectivity index (χ0n) is 8.52. The fourth-order valence-electron chi connectivity index (χ4n) is 2.46. The first-order valence-electron chi connectivity index (χ1n) is 5.50. The number of morpholine rings is 1. The van der Waals surface area contributed by atoms with E-state index in [0.29, 0.717) is 12.5 Å². The third-order valence-electron chi connectivity index (χ3n) is 3.31. The lowest BCUT2D eigenvalue weighted by Gasteiger charge is -2.35. The first-order valence-corrected chi connectivity index (χ1v) is 5.50. The average Bonchev–Trinajstić information content (AvgIpc) is 2.69. The van der Waals surface area contributed by atoms with Gasteiger partial charge >= 0.3 is 6.18 Å². The molecule has 0 spiro atoms. The predicted octanol–water partition coefficient (Wildman–Crippen LogP) is 2.10. The van der Waals surface area contributed by atoms with Crippen LogP contribution in [0, 0.1) is 5.92 Å². The van der Waals surface area contributed by atoms with Crippen molar-refractivity contribution in [2.75, 3.05) is 13.1 Å². The second-order valence-electron chi connectivity index (χ2n) is 4.41. The van der Waals surface area contributed by atoms with Crippen LogP contribution in [0.1, 0.15) is 25.7 Å². The topological polar surface area (TPSA) is 21.3 Å². The molecule has 1 saturated carbocycles. The van der Waals surface area contributed by atoms with Gasteiger partial charge in [0.2, 0.25) is 0 Å². The maximum absolute atomic E-state index is 12.4. The molecule has 88 valence electrons. The van der Waals surface area contributed by atoms with Crippen molar-refractivity contribution in [1.82, 2.24) is 5.32 Å². The molecule has 2 aliphatic rings. The van der Waals surface area contributed by atoms with Gasteiger partial charge in [0.05, 0.1) is 6.10 Å². The van der Waals surface area contributed by atoms with Gasteiger partial charge in [-0.05, 0) is 18.8 Å². The Kier molecular flexibility index (Phi) is 3.21.